The largest absolute Gasteiger partial charge is 0.351 e. The van der Waals surface area contributed by atoms with Crippen molar-refractivity contribution < 1.29 is 9.18 Å². The molecule has 1 N–H and O–H groups in total. The fourth-order valence-corrected chi connectivity index (χ4v) is 2.99. The Morgan fingerprint density at radius 3 is 3.04 bits per heavy atom. The number of hydrogen-bond acceptors (Lipinski definition) is 2. The lowest BCUT2D eigenvalue weighted by Gasteiger charge is -2.25. The topological polar surface area (TPSA) is 42.0 Å². The molecule has 0 saturated carbocycles. The highest BCUT2D eigenvalue weighted by molar-refractivity contribution is 6.30. The Kier molecular flexibility index (Phi) is 4.44. The van der Waals surface area contributed by atoms with E-state index in [1.54, 1.807) is 18.3 Å². The highest BCUT2D eigenvalue weighted by atomic mass is 35.5. The lowest BCUT2D eigenvalue weighted by Crippen LogP contribution is -2.31. The van der Waals surface area contributed by atoms with Crippen molar-refractivity contribution >= 4 is 23.1 Å². The number of nitrogens with zero attached hydrogens (tertiary/aromatic N) is 1. The van der Waals surface area contributed by atoms with E-state index in [-0.39, 0.29) is 18.4 Å². The van der Waals surface area contributed by atoms with Gasteiger partial charge in [0, 0.05) is 23.3 Å². The van der Waals surface area contributed by atoms with Crippen LogP contribution in [0.3, 0.4) is 0 Å². The zero-order valence-corrected chi connectivity index (χ0v) is 13.2. The average molecular weight is 331 g/mol. The van der Waals surface area contributed by atoms with E-state index in [1.165, 1.54) is 6.07 Å². The van der Waals surface area contributed by atoms with Crippen LogP contribution in [0, 0.1) is 5.82 Å². The Balaban J connectivity index is 1.74. The molecule has 0 spiro atoms. The summed E-state index contributed by atoms with van der Waals surface area (Å²) in [7, 11) is 0. The number of carbonyl (C=O) groups excluding carboxylic acids is 1. The van der Waals surface area contributed by atoms with E-state index >= 15 is 0 Å². The van der Waals surface area contributed by atoms with Crippen molar-refractivity contribution in [3.63, 3.8) is 0 Å². The monoisotopic (exact) mass is 330 g/mol. The summed E-state index contributed by atoms with van der Waals surface area (Å²) in [6.07, 6.45) is 3.12. The van der Waals surface area contributed by atoms with Crippen LogP contribution < -0.4 is 5.32 Å². The molecule has 1 atom stereocenters. The van der Waals surface area contributed by atoms with Crippen molar-refractivity contribution in [1.29, 1.82) is 0 Å². The van der Waals surface area contributed by atoms with Crippen molar-refractivity contribution in [3.8, 4) is 0 Å². The number of halogens is 2. The summed E-state index contributed by atoms with van der Waals surface area (Å²) in [5, 5.41) is 3.14. The number of pyridine rings is 1. The van der Waals surface area contributed by atoms with Gasteiger partial charge in [-0.1, -0.05) is 30.3 Å². The van der Waals surface area contributed by atoms with Gasteiger partial charge >= 0.3 is 0 Å². The third-order valence-corrected chi connectivity index (χ3v) is 4.30. The Labute approximate surface area is 139 Å². The van der Waals surface area contributed by atoms with Crippen molar-refractivity contribution in [2.75, 3.05) is 0 Å². The second-order valence-corrected chi connectivity index (χ2v) is 6.03. The minimum Gasteiger partial charge on any atom is -0.351 e. The third kappa shape index (κ3) is 3.27. The van der Waals surface area contributed by atoms with Crippen LogP contribution in [-0.2, 0) is 11.3 Å². The fourth-order valence-electron chi connectivity index (χ4n) is 2.83. The van der Waals surface area contributed by atoms with Gasteiger partial charge in [0.2, 0.25) is 5.91 Å². The SMILES string of the molecule is C=C1CCC(C(=O)NCc2ccc(Cl)cc2F)c2cccnc21. The highest BCUT2D eigenvalue weighted by Crippen LogP contribution is 2.36. The molecule has 1 aromatic carbocycles. The lowest BCUT2D eigenvalue weighted by molar-refractivity contribution is -0.122. The van der Waals surface area contributed by atoms with Gasteiger partial charge < -0.3 is 5.32 Å². The molecular formula is C18H16ClFN2O. The van der Waals surface area contributed by atoms with E-state index in [4.69, 9.17) is 11.6 Å². The first-order chi connectivity index (χ1) is 11.1. The molecule has 1 amide bonds. The number of aromatic nitrogens is 1. The molecule has 0 bridgehead atoms. The molecule has 1 aliphatic rings. The summed E-state index contributed by atoms with van der Waals surface area (Å²) in [6.45, 7) is 4.14. The van der Waals surface area contributed by atoms with Crippen LogP contribution in [0.2, 0.25) is 5.02 Å². The first kappa shape index (κ1) is 15.7. The van der Waals surface area contributed by atoms with Gasteiger partial charge in [-0.15, -0.1) is 0 Å². The number of amides is 1. The van der Waals surface area contributed by atoms with Gasteiger partial charge in [0.25, 0.3) is 0 Å². The van der Waals surface area contributed by atoms with Crippen LogP contribution in [0.5, 0.6) is 0 Å². The summed E-state index contributed by atoms with van der Waals surface area (Å²) in [4.78, 5) is 16.8. The molecule has 3 rings (SSSR count). The van der Waals surface area contributed by atoms with Crippen LogP contribution >= 0.6 is 11.6 Å². The van der Waals surface area contributed by atoms with Crippen molar-refractivity contribution in [3.05, 3.63) is 70.8 Å². The van der Waals surface area contributed by atoms with Gasteiger partial charge in [-0.3, -0.25) is 9.78 Å². The van der Waals surface area contributed by atoms with Crippen LogP contribution in [0.1, 0.15) is 35.6 Å². The van der Waals surface area contributed by atoms with E-state index in [2.05, 4.69) is 16.9 Å². The zero-order valence-electron chi connectivity index (χ0n) is 12.5. The maximum Gasteiger partial charge on any atom is 0.227 e. The molecular weight excluding hydrogens is 315 g/mol. The average Bonchev–Trinajstić information content (AvgIpc) is 2.54. The predicted octanol–water partition coefficient (Wildman–Crippen LogP) is 4.08. The molecule has 118 valence electrons. The van der Waals surface area contributed by atoms with E-state index in [0.29, 0.717) is 17.0 Å². The summed E-state index contributed by atoms with van der Waals surface area (Å²) in [6, 6.07) is 8.15. The van der Waals surface area contributed by atoms with Crippen LogP contribution in [0.15, 0.2) is 43.1 Å². The third-order valence-electron chi connectivity index (χ3n) is 4.07. The quantitative estimate of drug-likeness (QED) is 0.921. The first-order valence-corrected chi connectivity index (χ1v) is 7.79. The molecule has 5 heteroatoms. The second kappa shape index (κ2) is 6.50. The minimum absolute atomic E-state index is 0.124. The van der Waals surface area contributed by atoms with Crippen LogP contribution in [0.4, 0.5) is 4.39 Å². The lowest BCUT2D eigenvalue weighted by atomic mass is 9.83. The summed E-state index contributed by atoms with van der Waals surface area (Å²) >= 11 is 5.73. The molecule has 1 aromatic heterocycles. The molecule has 0 fully saturated rings. The molecule has 1 aliphatic carbocycles. The minimum atomic E-state index is -0.420. The number of fused-ring (bicyclic) bond motifs is 1. The number of allylic oxidation sites excluding steroid dienone is 1. The van der Waals surface area contributed by atoms with E-state index in [0.717, 1.165) is 23.3 Å². The Hall–Kier alpha value is -2.20. The summed E-state index contributed by atoms with van der Waals surface area (Å²) in [5.41, 5.74) is 3.05. The number of benzene rings is 1. The fraction of sp³-hybridized carbons (Fsp3) is 0.222. The Morgan fingerprint density at radius 2 is 2.26 bits per heavy atom. The molecule has 1 heterocycles. The van der Waals surface area contributed by atoms with Gasteiger partial charge in [0.05, 0.1) is 11.6 Å². The van der Waals surface area contributed by atoms with Gasteiger partial charge in [-0.05, 0) is 42.2 Å². The maximum absolute atomic E-state index is 13.8. The molecule has 2 aromatic rings. The number of carbonyl (C=O) groups is 1. The molecule has 0 radical (unpaired) electrons. The highest BCUT2D eigenvalue weighted by Gasteiger charge is 2.28. The van der Waals surface area contributed by atoms with E-state index in [1.807, 2.05) is 12.1 Å². The van der Waals surface area contributed by atoms with Crippen molar-refractivity contribution in [2.45, 2.75) is 25.3 Å². The van der Waals surface area contributed by atoms with Crippen molar-refractivity contribution in [1.82, 2.24) is 10.3 Å². The smallest absolute Gasteiger partial charge is 0.227 e. The summed E-state index contributed by atoms with van der Waals surface area (Å²) < 4.78 is 13.8. The van der Waals surface area contributed by atoms with Gasteiger partial charge in [-0.2, -0.15) is 0 Å². The number of hydrogen-bond donors (Lipinski definition) is 1. The standard InChI is InChI=1S/C18H16ClFN2O/c1-11-4-7-15(14-3-2-8-21-17(11)14)18(23)22-10-12-5-6-13(19)9-16(12)20/h2-3,5-6,8-9,15H,1,4,7,10H2,(H,22,23). The van der Waals surface area contributed by atoms with Crippen LogP contribution in [-0.4, -0.2) is 10.9 Å². The number of rotatable bonds is 3. The molecule has 1 unspecified atom stereocenters. The first-order valence-electron chi connectivity index (χ1n) is 7.41. The number of nitrogens with one attached hydrogen (secondary N) is 1. The summed E-state index contributed by atoms with van der Waals surface area (Å²) in [5.74, 6) is -0.822. The van der Waals surface area contributed by atoms with Crippen molar-refractivity contribution in [2.24, 2.45) is 0 Å². The molecule has 0 saturated heterocycles. The molecule has 3 nitrogen and oxygen atoms in total. The van der Waals surface area contributed by atoms with Crippen LogP contribution in [0.25, 0.3) is 5.57 Å². The molecule has 0 aliphatic heterocycles. The van der Waals surface area contributed by atoms with Gasteiger partial charge in [-0.25, -0.2) is 4.39 Å². The molecule has 23 heavy (non-hydrogen) atoms. The van der Waals surface area contributed by atoms with E-state index < -0.39 is 5.82 Å². The second-order valence-electron chi connectivity index (χ2n) is 5.59. The Morgan fingerprint density at radius 1 is 1.43 bits per heavy atom. The normalized spacial score (nSPS) is 16.8. The Bertz CT molecular complexity index is 775. The van der Waals surface area contributed by atoms with Gasteiger partial charge in [0.15, 0.2) is 0 Å². The van der Waals surface area contributed by atoms with Gasteiger partial charge in [0.1, 0.15) is 5.82 Å². The maximum atomic E-state index is 13.8. The zero-order chi connectivity index (χ0) is 16.4. The predicted molar refractivity (Wildman–Crippen MR) is 88.5 cm³/mol. The van der Waals surface area contributed by atoms with E-state index in [9.17, 15) is 9.18 Å².